The Labute approximate surface area is 195 Å². The monoisotopic (exact) mass is 515 g/mol. The zero-order chi connectivity index (χ0) is 23.8. The van der Waals surface area contributed by atoms with E-state index in [-0.39, 0.29) is 29.0 Å². The van der Waals surface area contributed by atoms with E-state index < -0.39 is 40.9 Å². The van der Waals surface area contributed by atoms with E-state index in [0.717, 1.165) is 29.2 Å². The quantitative estimate of drug-likeness (QED) is 0.529. The molecule has 0 atom stereocenters. The Kier molecular flexibility index (Phi) is 8.08. The lowest BCUT2D eigenvalue weighted by molar-refractivity contribution is -0.143. The molecule has 1 aromatic carbocycles. The normalized spacial score (nSPS) is 14.4. The molecule has 2 aromatic rings. The molecule has 0 spiro atoms. The summed E-state index contributed by atoms with van der Waals surface area (Å²) < 4.78 is 78.5. The number of carbonyl (C=O) groups excluding carboxylic acids is 2. The molecule has 13 heteroatoms. The van der Waals surface area contributed by atoms with Crippen LogP contribution in [0.15, 0.2) is 18.2 Å². The van der Waals surface area contributed by atoms with Crippen molar-refractivity contribution in [3.8, 4) is 0 Å². The van der Waals surface area contributed by atoms with Gasteiger partial charge in [0.05, 0.1) is 16.7 Å². The van der Waals surface area contributed by atoms with Gasteiger partial charge >= 0.3 is 12.4 Å². The van der Waals surface area contributed by atoms with E-state index in [1.165, 1.54) is 0 Å². The van der Waals surface area contributed by atoms with Gasteiger partial charge in [0.15, 0.2) is 0 Å². The third-order valence-corrected chi connectivity index (χ3v) is 6.13. The number of hydrogen-bond donors (Lipinski definition) is 2. The van der Waals surface area contributed by atoms with Crippen LogP contribution in [0.1, 0.15) is 55.6 Å². The number of hydrogen-bond acceptors (Lipinski definition) is 4. The predicted molar refractivity (Wildman–Crippen MR) is 114 cm³/mol. The smallest absolute Gasteiger partial charge is 0.365 e. The summed E-state index contributed by atoms with van der Waals surface area (Å²) in [6.45, 7) is 3.99. The van der Waals surface area contributed by atoms with Crippen molar-refractivity contribution in [1.29, 1.82) is 0 Å². The van der Waals surface area contributed by atoms with Gasteiger partial charge in [-0.15, -0.1) is 23.7 Å². The Hall–Kier alpha value is -2.31. The highest BCUT2D eigenvalue weighted by atomic mass is 35.5. The minimum atomic E-state index is -5.08. The molecule has 33 heavy (non-hydrogen) atoms. The van der Waals surface area contributed by atoms with Gasteiger partial charge in [0.2, 0.25) is 0 Å². The third kappa shape index (κ3) is 5.98. The fraction of sp³-hybridized carbons (Fsp3) is 0.400. The molecule has 5 nitrogen and oxygen atoms in total. The zero-order valence-corrected chi connectivity index (χ0v) is 18.8. The maximum atomic E-state index is 13.1. The number of nitrogens with zero attached hydrogens (tertiary/aromatic N) is 1. The summed E-state index contributed by atoms with van der Waals surface area (Å²) in [4.78, 5) is 27.6. The number of alkyl halides is 6. The maximum absolute atomic E-state index is 13.1. The summed E-state index contributed by atoms with van der Waals surface area (Å²) in [6, 6.07) is 0.619. The van der Waals surface area contributed by atoms with Crippen molar-refractivity contribution >= 4 is 40.6 Å². The first-order valence-corrected chi connectivity index (χ1v) is 10.4. The number of fused-ring (bicyclic) bond motifs is 1. The molecule has 3 N–H and O–H groups in total. The van der Waals surface area contributed by atoms with Gasteiger partial charge in [0.1, 0.15) is 5.00 Å². The second-order valence-corrected chi connectivity index (χ2v) is 8.45. The number of benzene rings is 1. The van der Waals surface area contributed by atoms with E-state index >= 15 is 0 Å². The molecule has 182 valence electrons. The summed E-state index contributed by atoms with van der Waals surface area (Å²) in [5.41, 5.74) is 2.10. The van der Waals surface area contributed by atoms with Crippen LogP contribution in [0.25, 0.3) is 0 Å². The number of thiophene rings is 1. The Bertz CT molecular complexity index is 1020. The summed E-state index contributed by atoms with van der Waals surface area (Å²) >= 11 is 1.04. The van der Waals surface area contributed by atoms with Gasteiger partial charge in [-0.2, -0.15) is 26.3 Å². The molecule has 1 aromatic heterocycles. The number of amides is 2. The lowest BCUT2D eigenvalue weighted by atomic mass is 10.0. The highest BCUT2D eigenvalue weighted by Gasteiger charge is 2.38. The standard InChI is InChI=1S/C20H19F6N3O2S.ClH/c1-2-4-29-5-3-13-14(9-29)32-18(15(13)16(27)30)28-17(31)10-6-11(19(21,22)23)8-12(7-10)20(24,25)26;/h6-8H,2-5,9H2,1H3,(H2,27,30)(H,28,31);1H. The van der Waals surface area contributed by atoms with Crippen molar-refractivity contribution in [2.24, 2.45) is 5.73 Å². The van der Waals surface area contributed by atoms with Crippen LogP contribution in [0.2, 0.25) is 0 Å². The fourth-order valence-corrected chi connectivity index (χ4v) is 4.86. The number of rotatable bonds is 5. The number of primary amides is 1. The molecule has 3 rings (SSSR count). The molecule has 2 amide bonds. The highest BCUT2D eigenvalue weighted by Crippen LogP contribution is 2.39. The maximum Gasteiger partial charge on any atom is 0.416 e. The largest absolute Gasteiger partial charge is 0.416 e. The molecular formula is C20H20ClF6N3O2S. The van der Waals surface area contributed by atoms with E-state index in [1.807, 2.05) is 6.92 Å². The first kappa shape index (κ1) is 26.9. The first-order chi connectivity index (χ1) is 14.8. The molecule has 2 heterocycles. The van der Waals surface area contributed by atoms with Crippen LogP contribution in [0, 0.1) is 0 Å². The zero-order valence-electron chi connectivity index (χ0n) is 17.2. The minimum absolute atomic E-state index is 0. The Morgan fingerprint density at radius 1 is 1.09 bits per heavy atom. The van der Waals surface area contributed by atoms with Crippen molar-refractivity contribution in [2.45, 2.75) is 38.7 Å². The van der Waals surface area contributed by atoms with Crippen molar-refractivity contribution in [3.05, 3.63) is 50.9 Å². The molecule has 0 saturated carbocycles. The van der Waals surface area contributed by atoms with Gasteiger partial charge < -0.3 is 11.1 Å². The predicted octanol–water partition coefficient (Wildman–Crippen LogP) is 5.33. The summed E-state index contributed by atoms with van der Waals surface area (Å²) in [6.07, 6.45) is -8.77. The minimum Gasteiger partial charge on any atom is -0.365 e. The molecule has 1 aliphatic rings. The average Bonchev–Trinajstić information content (AvgIpc) is 3.03. The van der Waals surface area contributed by atoms with Crippen molar-refractivity contribution in [1.82, 2.24) is 4.90 Å². The van der Waals surface area contributed by atoms with Crippen LogP contribution in [-0.4, -0.2) is 29.8 Å². The molecule has 0 aliphatic carbocycles. The summed E-state index contributed by atoms with van der Waals surface area (Å²) in [7, 11) is 0. The molecular weight excluding hydrogens is 496 g/mol. The average molecular weight is 516 g/mol. The molecule has 0 fully saturated rings. The van der Waals surface area contributed by atoms with Crippen LogP contribution in [0.4, 0.5) is 31.3 Å². The second-order valence-electron chi connectivity index (χ2n) is 7.35. The number of anilines is 1. The van der Waals surface area contributed by atoms with Crippen LogP contribution in [0.3, 0.4) is 0 Å². The second kappa shape index (κ2) is 9.90. The number of nitrogens with one attached hydrogen (secondary N) is 1. The van der Waals surface area contributed by atoms with Crippen LogP contribution in [-0.2, 0) is 25.3 Å². The Balaban J connectivity index is 0.00000385. The Morgan fingerprint density at radius 3 is 2.15 bits per heavy atom. The van der Waals surface area contributed by atoms with Gasteiger partial charge in [0, 0.05) is 23.5 Å². The summed E-state index contributed by atoms with van der Waals surface area (Å²) in [5, 5.41) is 2.31. The highest BCUT2D eigenvalue weighted by molar-refractivity contribution is 7.17. The molecule has 1 aliphatic heterocycles. The lowest BCUT2D eigenvalue weighted by Crippen LogP contribution is -2.31. The van der Waals surface area contributed by atoms with Crippen LogP contribution < -0.4 is 11.1 Å². The van der Waals surface area contributed by atoms with Gasteiger partial charge in [0.25, 0.3) is 11.8 Å². The van der Waals surface area contributed by atoms with E-state index in [4.69, 9.17) is 5.73 Å². The molecule has 0 bridgehead atoms. The fourth-order valence-electron chi connectivity index (χ4n) is 3.57. The Morgan fingerprint density at radius 2 is 1.67 bits per heavy atom. The molecule has 0 radical (unpaired) electrons. The van der Waals surface area contributed by atoms with E-state index in [9.17, 15) is 35.9 Å². The van der Waals surface area contributed by atoms with Crippen LogP contribution in [0.5, 0.6) is 0 Å². The lowest BCUT2D eigenvalue weighted by Gasteiger charge is -2.26. The van der Waals surface area contributed by atoms with E-state index in [0.29, 0.717) is 37.2 Å². The van der Waals surface area contributed by atoms with Gasteiger partial charge in [-0.1, -0.05) is 6.92 Å². The molecule has 0 unspecified atom stereocenters. The molecule has 0 saturated heterocycles. The number of carbonyl (C=O) groups is 2. The van der Waals surface area contributed by atoms with Crippen molar-refractivity contribution < 1.29 is 35.9 Å². The van der Waals surface area contributed by atoms with Gasteiger partial charge in [-0.3, -0.25) is 14.5 Å². The topological polar surface area (TPSA) is 75.4 Å². The number of halogens is 7. The SMILES string of the molecule is CCCN1CCc2c(sc(NC(=O)c3cc(C(F)(F)F)cc(C(F)(F)F)c3)c2C(N)=O)C1.Cl. The van der Waals surface area contributed by atoms with Gasteiger partial charge in [-0.25, -0.2) is 0 Å². The van der Waals surface area contributed by atoms with Crippen LogP contribution >= 0.6 is 23.7 Å². The first-order valence-electron chi connectivity index (χ1n) is 9.58. The van der Waals surface area contributed by atoms with Crippen molar-refractivity contribution in [3.63, 3.8) is 0 Å². The van der Waals surface area contributed by atoms with Crippen molar-refractivity contribution in [2.75, 3.05) is 18.4 Å². The van der Waals surface area contributed by atoms with E-state index in [1.54, 1.807) is 0 Å². The van der Waals surface area contributed by atoms with E-state index in [2.05, 4.69) is 10.2 Å². The third-order valence-electron chi connectivity index (χ3n) is 5.00. The number of nitrogens with two attached hydrogens (primary N) is 1. The summed E-state index contributed by atoms with van der Waals surface area (Å²) in [5.74, 6) is -2.03. The van der Waals surface area contributed by atoms with Gasteiger partial charge in [-0.05, 0) is 43.1 Å².